The zero-order valence-corrected chi connectivity index (χ0v) is 12.7. The van der Waals surface area contributed by atoms with Gasteiger partial charge in [-0.3, -0.25) is 9.69 Å². The molecule has 3 rings (SSSR count). The molecule has 0 saturated heterocycles. The van der Waals surface area contributed by atoms with Crippen molar-refractivity contribution in [3.8, 4) is 0 Å². The van der Waals surface area contributed by atoms with Crippen molar-refractivity contribution < 1.29 is 14.7 Å². The van der Waals surface area contributed by atoms with E-state index < -0.39 is 11.6 Å². The predicted molar refractivity (Wildman–Crippen MR) is 78.4 cm³/mol. The fraction of sp³-hybridized carbons (Fsp3) is 0.500. The number of aromatic nitrogens is 2. The topological polar surface area (TPSA) is 95.4 Å². The Labute approximate surface area is 128 Å². The monoisotopic (exact) mass is 388 g/mol. The van der Waals surface area contributed by atoms with E-state index in [0.717, 1.165) is 16.4 Å². The van der Waals surface area contributed by atoms with E-state index in [1.165, 1.54) is 0 Å². The first-order valence-corrected chi connectivity index (χ1v) is 7.42. The minimum atomic E-state index is -1.17. The number of rotatable bonds is 4. The number of amides is 2. The van der Waals surface area contributed by atoms with Gasteiger partial charge < -0.3 is 10.4 Å². The number of carbonyl (C=O) groups is 2. The number of hydrogen-bond acceptors (Lipinski definition) is 4. The average Bonchev–Trinajstić information content (AvgIpc) is 3.26. The summed E-state index contributed by atoms with van der Waals surface area (Å²) in [4.78, 5) is 33.4. The summed E-state index contributed by atoms with van der Waals surface area (Å²) in [5.41, 5.74) is -0.971. The van der Waals surface area contributed by atoms with Gasteiger partial charge in [-0.1, -0.05) is 0 Å². The highest BCUT2D eigenvalue weighted by Crippen LogP contribution is 2.41. The standard InChI is InChI=1S/C12H13IN4O3/c13-7-5-14-10(15-6-7)17(8-1-2-8)9(18)12(3-4-12)16-11(19)20/h5-6,8,16H,1-4H2,(H,19,20). The highest BCUT2D eigenvalue weighted by atomic mass is 127. The molecule has 2 saturated carbocycles. The zero-order valence-electron chi connectivity index (χ0n) is 10.5. The van der Waals surface area contributed by atoms with Crippen LogP contribution in [0.4, 0.5) is 10.7 Å². The van der Waals surface area contributed by atoms with E-state index >= 15 is 0 Å². The summed E-state index contributed by atoms with van der Waals surface area (Å²) < 4.78 is 0.888. The summed E-state index contributed by atoms with van der Waals surface area (Å²) in [6.07, 6.45) is 5.01. The molecule has 1 aromatic heterocycles. The first-order valence-electron chi connectivity index (χ1n) is 6.34. The van der Waals surface area contributed by atoms with Crippen molar-refractivity contribution in [3.63, 3.8) is 0 Å². The van der Waals surface area contributed by atoms with Crippen LogP contribution < -0.4 is 10.2 Å². The van der Waals surface area contributed by atoms with Crippen molar-refractivity contribution in [3.05, 3.63) is 16.0 Å². The molecule has 0 aromatic carbocycles. The van der Waals surface area contributed by atoms with Crippen LogP contribution in [0, 0.1) is 3.57 Å². The summed E-state index contributed by atoms with van der Waals surface area (Å²) in [6, 6.07) is 0.0932. The average molecular weight is 388 g/mol. The van der Waals surface area contributed by atoms with E-state index in [1.807, 2.05) is 0 Å². The number of carboxylic acid groups (broad SMARTS) is 1. The number of halogens is 1. The normalized spacial score (nSPS) is 19.2. The second-order valence-corrected chi connectivity index (χ2v) is 6.37. The molecule has 2 aliphatic rings. The summed E-state index contributed by atoms with van der Waals surface area (Å²) in [7, 11) is 0. The summed E-state index contributed by atoms with van der Waals surface area (Å²) >= 11 is 2.10. The molecular formula is C12H13IN4O3. The first kappa shape index (κ1) is 13.5. The third kappa shape index (κ3) is 2.56. The van der Waals surface area contributed by atoms with Crippen molar-refractivity contribution in [2.45, 2.75) is 37.3 Å². The fourth-order valence-corrected chi connectivity index (χ4v) is 2.41. The van der Waals surface area contributed by atoms with Gasteiger partial charge in [-0.25, -0.2) is 14.8 Å². The molecule has 2 fully saturated rings. The van der Waals surface area contributed by atoms with E-state index in [-0.39, 0.29) is 11.9 Å². The maximum atomic E-state index is 12.6. The molecule has 0 bridgehead atoms. The lowest BCUT2D eigenvalue weighted by Gasteiger charge is -2.25. The van der Waals surface area contributed by atoms with Crippen LogP contribution >= 0.6 is 22.6 Å². The van der Waals surface area contributed by atoms with Gasteiger partial charge >= 0.3 is 6.09 Å². The van der Waals surface area contributed by atoms with Crippen molar-refractivity contribution >= 4 is 40.5 Å². The lowest BCUT2D eigenvalue weighted by atomic mass is 10.2. The van der Waals surface area contributed by atoms with Gasteiger partial charge in [0.1, 0.15) is 5.54 Å². The van der Waals surface area contributed by atoms with Crippen molar-refractivity contribution in [1.82, 2.24) is 15.3 Å². The Morgan fingerprint density at radius 1 is 1.35 bits per heavy atom. The molecule has 20 heavy (non-hydrogen) atoms. The molecule has 0 unspecified atom stereocenters. The number of nitrogens with zero attached hydrogens (tertiary/aromatic N) is 3. The van der Waals surface area contributed by atoms with Gasteiger partial charge in [0.05, 0.1) is 0 Å². The van der Waals surface area contributed by atoms with E-state index in [9.17, 15) is 9.59 Å². The number of carbonyl (C=O) groups excluding carboxylic acids is 1. The lowest BCUT2D eigenvalue weighted by molar-refractivity contribution is -0.121. The van der Waals surface area contributed by atoms with Crippen LogP contribution in [-0.4, -0.2) is 38.7 Å². The van der Waals surface area contributed by atoms with Crippen LogP contribution in [0.3, 0.4) is 0 Å². The smallest absolute Gasteiger partial charge is 0.405 e. The van der Waals surface area contributed by atoms with Gasteiger partial charge in [0.2, 0.25) is 5.95 Å². The van der Waals surface area contributed by atoms with Gasteiger partial charge in [0.15, 0.2) is 0 Å². The predicted octanol–water partition coefficient (Wildman–Crippen LogP) is 1.38. The van der Waals surface area contributed by atoms with E-state index in [2.05, 4.69) is 37.9 Å². The summed E-state index contributed by atoms with van der Waals surface area (Å²) in [5.74, 6) is 0.125. The molecule has 0 spiro atoms. The van der Waals surface area contributed by atoms with Crippen LogP contribution in [0.1, 0.15) is 25.7 Å². The second-order valence-electron chi connectivity index (χ2n) is 5.12. The minimum absolute atomic E-state index is 0.0932. The van der Waals surface area contributed by atoms with Gasteiger partial charge in [0, 0.05) is 22.0 Å². The van der Waals surface area contributed by atoms with Crippen LogP contribution in [0.5, 0.6) is 0 Å². The molecule has 0 atom stereocenters. The number of nitrogens with one attached hydrogen (secondary N) is 1. The Balaban J connectivity index is 1.86. The maximum absolute atomic E-state index is 12.6. The molecule has 2 aliphatic carbocycles. The molecule has 0 radical (unpaired) electrons. The number of hydrogen-bond donors (Lipinski definition) is 2. The number of anilines is 1. The Morgan fingerprint density at radius 3 is 2.40 bits per heavy atom. The molecule has 1 aromatic rings. The largest absolute Gasteiger partial charge is 0.465 e. The molecule has 2 N–H and O–H groups in total. The molecule has 106 valence electrons. The lowest BCUT2D eigenvalue weighted by Crippen LogP contribution is -2.51. The van der Waals surface area contributed by atoms with E-state index in [1.54, 1.807) is 17.3 Å². The zero-order chi connectivity index (χ0) is 14.3. The van der Waals surface area contributed by atoms with Crippen LogP contribution in [0.25, 0.3) is 0 Å². The second kappa shape index (κ2) is 4.83. The highest BCUT2D eigenvalue weighted by Gasteiger charge is 2.56. The Hall–Kier alpha value is -1.45. The summed E-state index contributed by atoms with van der Waals surface area (Å²) in [5, 5.41) is 11.2. The molecular weight excluding hydrogens is 375 g/mol. The Kier molecular flexibility index (Phi) is 3.27. The van der Waals surface area contributed by atoms with Crippen molar-refractivity contribution in [2.24, 2.45) is 0 Å². The highest BCUT2D eigenvalue weighted by molar-refractivity contribution is 14.1. The van der Waals surface area contributed by atoms with Crippen molar-refractivity contribution in [1.29, 1.82) is 0 Å². The Bertz CT molecular complexity index is 554. The molecule has 8 heteroatoms. The first-order chi connectivity index (χ1) is 9.52. The Morgan fingerprint density at radius 2 is 1.95 bits per heavy atom. The van der Waals surface area contributed by atoms with Gasteiger partial charge in [-0.15, -0.1) is 0 Å². The molecule has 2 amide bonds. The third-order valence-electron chi connectivity index (χ3n) is 3.46. The van der Waals surface area contributed by atoms with Gasteiger partial charge in [0.25, 0.3) is 5.91 Å². The third-order valence-corrected chi connectivity index (χ3v) is 4.02. The molecule has 1 heterocycles. The minimum Gasteiger partial charge on any atom is -0.465 e. The summed E-state index contributed by atoms with van der Waals surface area (Å²) in [6.45, 7) is 0. The maximum Gasteiger partial charge on any atom is 0.405 e. The SMILES string of the molecule is O=C(O)NC1(C(=O)N(c2ncc(I)cn2)C2CC2)CC1. The molecule has 7 nitrogen and oxygen atoms in total. The van der Waals surface area contributed by atoms with Crippen LogP contribution in [0.2, 0.25) is 0 Å². The van der Waals surface area contributed by atoms with E-state index in [0.29, 0.717) is 18.8 Å². The van der Waals surface area contributed by atoms with Gasteiger partial charge in [-0.05, 0) is 48.3 Å². The quantitative estimate of drug-likeness (QED) is 0.760. The fourth-order valence-electron chi connectivity index (χ4n) is 2.14. The van der Waals surface area contributed by atoms with Gasteiger partial charge in [-0.2, -0.15) is 0 Å². The van der Waals surface area contributed by atoms with E-state index in [4.69, 9.17) is 5.11 Å². The van der Waals surface area contributed by atoms with Crippen LogP contribution in [0.15, 0.2) is 12.4 Å². The molecule has 0 aliphatic heterocycles. The van der Waals surface area contributed by atoms with Crippen molar-refractivity contribution in [2.75, 3.05) is 4.90 Å². The van der Waals surface area contributed by atoms with Crippen LogP contribution in [-0.2, 0) is 4.79 Å².